The van der Waals surface area contributed by atoms with Crippen molar-refractivity contribution >= 4 is 11.6 Å². The summed E-state index contributed by atoms with van der Waals surface area (Å²) in [6.07, 6.45) is 0.955. The van der Waals surface area contributed by atoms with E-state index in [1.165, 1.54) is 5.56 Å². The number of anilines is 1. The van der Waals surface area contributed by atoms with Crippen LogP contribution in [0.4, 0.5) is 5.69 Å². The van der Waals surface area contributed by atoms with Crippen LogP contribution in [0.15, 0.2) is 54.8 Å². The van der Waals surface area contributed by atoms with Crippen molar-refractivity contribution in [3.8, 4) is 5.75 Å². The molecule has 1 aliphatic rings. The van der Waals surface area contributed by atoms with Gasteiger partial charge in [-0.3, -0.25) is 4.90 Å². The molecule has 0 radical (unpaired) electrons. The van der Waals surface area contributed by atoms with Crippen molar-refractivity contribution < 1.29 is 14.4 Å². The van der Waals surface area contributed by atoms with Crippen LogP contribution >= 0.6 is 0 Å². The highest BCUT2D eigenvalue weighted by molar-refractivity contribution is 5.60. The number of hydrogen-bond acceptors (Lipinski definition) is 6. The molecule has 1 heterocycles. The SMILES string of the molecule is COc1ccc(CNOC=C=O)cc1N1CCN(Cc2ccccc2)CC1. The quantitative estimate of drug-likeness (QED) is 0.335. The lowest BCUT2D eigenvalue weighted by molar-refractivity contribution is 0.132. The molecule has 0 aliphatic carbocycles. The number of nitrogens with zero attached hydrogens (tertiary/aromatic N) is 2. The predicted octanol–water partition coefficient (Wildman–Crippen LogP) is 2.38. The summed E-state index contributed by atoms with van der Waals surface area (Å²) >= 11 is 0. The third kappa shape index (κ3) is 5.34. The fourth-order valence-corrected chi connectivity index (χ4v) is 3.27. The van der Waals surface area contributed by atoms with E-state index in [1.807, 2.05) is 12.1 Å². The Hall–Kier alpha value is -2.79. The summed E-state index contributed by atoms with van der Waals surface area (Å²) in [5, 5.41) is 0. The van der Waals surface area contributed by atoms with Gasteiger partial charge in [0, 0.05) is 32.7 Å². The van der Waals surface area contributed by atoms with Crippen LogP contribution in [0.1, 0.15) is 11.1 Å². The second-order valence-corrected chi connectivity index (χ2v) is 6.43. The zero-order valence-electron chi connectivity index (χ0n) is 15.6. The Morgan fingerprint density at radius 2 is 1.85 bits per heavy atom. The lowest BCUT2D eigenvalue weighted by atomic mass is 10.1. The topological polar surface area (TPSA) is 54.0 Å². The molecule has 27 heavy (non-hydrogen) atoms. The minimum absolute atomic E-state index is 0.489. The van der Waals surface area contributed by atoms with Gasteiger partial charge < -0.3 is 14.5 Å². The Balaban J connectivity index is 1.61. The lowest BCUT2D eigenvalue weighted by Gasteiger charge is -2.36. The molecule has 0 amide bonds. The van der Waals surface area contributed by atoms with Crippen molar-refractivity contribution in [1.29, 1.82) is 0 Å². The Morgan fingerprint density at radius 1 is 1.07 bits per heavy atom. The number of carbonyl (C=O) groups excluding carboxylic acids is 1. The van der Waals surface area contributed by atoms with Crippen molar-refractivity contribution in [2.75, 3.05) is 38.2 Å². The highest BCUT2D eigenvalue weighted by Crippen LogP contribution is 2.30. The Kier molecular flexibility index (Phi) is 6.88. The van der Waals surface area contributed by atoms with Gasteiger partial charge in [0.2, 0.25) is 0 Å². The minimum atomic E-state index is 0.489. The van der Waals surface area contributed by atoms with Gasteiger partial charge in [0.05, 0.1) is 19.3 Å². The first-order valence-electron chi connectivity index (χ1n) is 9.06. The molecular weight excluding hydrogens is 342 g/mol. The van der Waals surface area contributed by atoms with Crippen molar-refractivity contribution in [1.82, 2.24) is 10.4 Å². The molecular formula is C21H25N3O3. The van der Waals surface area contributed by atoms with Crippen LogP contribution < -0.4 is 15.1 Å². The molecule has 3 rings (SSSR count). The van der Waals surface area contributed by atoms with Crippen molar-refractivity contribution in [2.24, 2.45) is 0 Å². The second kappa shape index (κ2) is 9.78. The van der Waals surface area contributed by atoms with Gasteiger partial charge in [-0.25, -0.2) is 4.79 Å². The standard InChI is InChI=1S/C21H25N3O3/c1-26-21-8-7-19(16-22-27-14-13-25)15-20(21)24-11-9-23(10-12-24)17-18-5-3-2-4-6-18/h2-8,14-15,22H,9-12,16-17H2,1H3. The smallest absolute Gasteiger partial charge is 0.194 e. The first-order valence-corrected chi connectivity index (χ1v) is 9.06. The zero-order valence-corrected chi connectivity index (χ0v) is 15.6. The van der Waals surface area contributed by atoms with Crippen LogP contribution in [0.2, 0.25) is 0 Å². The summed E-state index contributed by atoms with van der Waals surface area (Å²) in [5.74, 6) is 2.43. The van der Waals surface area contributed by atoms with Gasteiger partial charge >= 0.3 is 0 Å². The van der Waals surface area contributed by atoms with Crippen LogP contribution in [0, 0.1) is 0 Å². The molecule has 0 saturated carbocycles. The summed E-state index contributed by atoms with van der Waals surface area (Å²) in [5.41, 5.74) is 6.20. The molecule has 2 aromatic carbocycles. The molecule has 0 aromatic heterocycles. The number of piperazine rings is 1. The molecule has 2 aromatic rings. The van der Waals surface area contributed by atoms with E-state index in [9.17, 15) is 4.79 Å². The molecule has 0 unspecified atom stereocenters. The van der Waals surface area contributed by atoms with Gasteiger partial charge in [-0.1, -0.05) is 36.4 Å². The Morgan fingerprint density at radius 3 is 2.56 bits per heavy atom. The highest BCUT2D eigenvalue weighted by Gasteiger charge is 2.20. The van der Waals surface area contributed by atoms with E-state index >= 15 is 0 Å². The predicted molar refractivity (Wildman–Crippen MR) is 105 cm³/mol. The third-order valence-electron chi connectivity index (χ3n) is 4.67. The lowest BCUT2D eigenvalue weighted by Crippen LogP contribution is -2.46. The number of methoxy groups -OCH3 is 1. The third-order valence-corrected chi connectivity index (χ3v) is 4.67. The summed E-state index contributed by atoms with van der Waals surface area (Å²) in [6, 6.07) is 16.6. The maximum atomic E-state index is 10.1. The molecule has 6 heteroatoms. The van der Waals surface area contributed by atoms with E-state index in [1.54, 1.807) is 13.1 Å². The van der Waals surface area contributed by atoms with Crippen LogP contribution in [0.3, 0.4) is 0 Å². The van der Waals surface area contributed by atoms with Crippen LogP contribution in [-0.2, 0) is 22.7 Å². The number of hydrogen-bond donors (Lipinski definition) is 1. The zero-order chi connectivity index (χ0) is 18.9. The maximum absolute atomic E-state index is 10.1. The minimum Gasteiger partial charge on any atom is -0.495 e. The second-order valence-electron chi connectivity index (χ2n) is 6.43. The first kappa shape index (κ1) is 19.0. The van der Waals surface area contributed by atoms with Gasteiger partial charge in [-0.15, -0.1) is 0 Å². The van der Waals surface area contributed by atoms with Crippen molar-refractivity contribution in [3.63, 3.8) is 0 Å². The molecule has 0 bridgehead atoms. The molecule has 0 spiro atoms. The van der Waals surface area contributed by atoms with Crippen molar-refractivity contribution in [2.45, 2.75) is 13.1 Å². The highest BCUT2D eigenvalue weighted by atomic mass is 16.6. The Labute approximate surface area is 159 Å². The number of benzene rings is 2. The van der Waals surface area contributed by atoms with Gasteiger partial charge in [0.1, 0.15) is 5.75 Å². The average molecular weight is 367 g/mol. The molecule has 1 fully saturated rings. The molecule has 142 valence electrons. The fraction of sp³-hybridized carbons (Fsp3) is 0.333. The number of rotatable bonds is 8. The van der Waals surface area contributed by atoms with Gasteiger partial charge in [0.25, 0.3) is 0 Å². The largest absolute Gasteiger partial charge is 0.495 e. The fourth-order valence-electron chi connectivity index (χ4n) is 3.27. The number of nitrogens with one attached hydrogen (secondary N) is 1. The maximum Gasteiger partial charge on any atom is 0.194 e. The van der Waals surface area contributed by atoms with E-state index in [-0.39, 0.29) is 0 Å². The van der Waals surface area contributed by atoms with Gasteiger partial charge in [0.15, 0.2) is 12.2 Å². The number of ether oxygens (including phenoxy) is 1. The van der Waals surface area contributed by atoms with Gasteiger partial charge in [-0.2, -0.15) is 5.48 Å². The summed E-state index contributed by atoms with van der Waals surface area (Å²) in [6.45, 7) is 5.39. The van der Waals surface area contributed by atoms with Crippen LogP contribution in [0.25, 0.3) is 0 Å². The van der Waals surface area contributed by atoms with E-state index < -0.39 is 0 Å². The average Bonchev–Trinajstić information content (AvgIpc) is 2.72. The van der Waals surface area contributed by atoms with E-state index in [0.717, 1.165) is 56.0 Å². The summed E-state index contributed by atoms with van der Waals surface area (Å²) in [4.78, 5) is 19.8. The van der Waals surface area contributed by atoms with Gasteiger partial charge in [-0.05, 0) is 23.3 Å². The number of hydroxylamine groups is 1. The van der Waals surface area contributed by atoms with E-state index in [2.05, 4.69) is 51.7 Å². The molecule has 0 atom stereocenters. The summed E-state index contributed by atoms with van der Waals surface area (Å²) < 4.78 is 5.55. The molecule has 1 N–H and O–H groups in total. The normalized spacial score (nSPS) is 14.5. The van der Waals surface area contributed by atoms with E-state index in [4.69, 9.17) is 9.57 Å². The first-order chi connectivity index (χ1) is 13.3. The molecule has 1 saturated heterocycles. The molecule has 1 aliphatic heterocycles. The van der Waals surface area contributed by atoms with Crippen LogP contribution in [-0.4, -0.2) is 44.1 Å². The summed E-state index contributed by atoms with van der Waals surface area (Å²) in [7, 11) is 1.69. The Bertz CT molecular complexity index is 767. The molecule has 6 nitrogen and oxygen atoms in total. The monoisotopic (exact) mass is 367 g/mol. The van der Waals surface area contributed by atoms with Crippen LogP contribution in [0.5, 0.6) is 5.75 Å². The van der Waals surface area contributed by atoms with Crippen molar-refractivity contribution in [3.05, 3.63) is 65.9 Å². The van der Waals surface area contributed by atoms with E-state index in [0.29, 0.717) is 6.54 Å².